The minimum Gasteiger partial charge on any atom is -0.368 e. The molecule has 8 nitrogen and oxygen atoms in total. The third-order valence-corrected chi connectivity index (χ3v) is 7.00. The fourth-order valence-electron chi connectivity index (χ4n) is 3.91. The maximum absolute atomic E-state index is 12.3. The van der Waals surface area contributed by atoms with Crippen molar-refractivity contribution in [3.05, 3.63) is 52.6 Å². The number of nitrogens with one attached hydrogen (secondary N) is 1. The lowest BCUT2D eigenvalue weighted by atomic mass is 10.0. The maximum Gasteiger partial charge on any atom is 0.235 e. The van der Waals surface area contributed by atoms with Crippen LogP contribution in [0.1, 0.15) is 34.4 Å². The van der Waals surface area contributed by atoms with E-state index in [4.69, 9.17) is 10.7 Å². The van der Waals surface area contributed by atoms with Gasteiger partial charge in [-0.15, -0.1) is 0 Å². The van der Waals surface area contributed by atoms with Gasteiger partial charge >= 0.3 is 0 Å². The van der Waals surface area contributed by atoms with Gasteiger partial charge in [0.2, 0.25) is 5.91 Å². The predicted octanol–water partition coefficient (Wildman–Crippen LogP) is 2.05. The van der Waals surface area contributed by atoms with Crippen LogP contribution in [0.4, 0.5) is 5.82 Å². The number of benzene rings is 1. The van der Waals surface area contributed by atoms with Crippen molar-refractivity contribution >= 4 is 23.5 Å². The number of primary amides is 1. The first-order chi connectivity index (χ1) is 16.0. The fraction of sp³-hybridized carbons (Fsp3) is 0.417. The number of nitrogens with two attached hydrogens (primary N) is 1. The highest BCUT2D eigenvalue weighted by molar-refractivity contribution is 8.00. The van der Waals surface area contributed by atoms with E-state index in [0.29, 0.717) is 40.5 Å². The molecule has 33 heavy (non-hydrogen) atoms. The Bertz CT molecular complexity index is 1060. The van der Waals surface area contributed by atoms with Gasteiger partial charge in [-0.1, -0.05) is 49.0 Å². The van der Waals surface area contributed by atoms with Crippen LogP contribution < -0.4 is 16.0 Å². The summed E-state index contributed by atoms with van der Waals surface area (Å²) >= 11 is 1.16. The quantitative estimate of drug-likeness (QED) is 0.542. The highest BCUT2D eigenvalue weighted by Crippen LogP contribution is 2.39. The minimum atomic E-state index is -0.692. The molecular formula is C24H29N7OS. The SMILES string of the molecule is CCc1c(C#N)c(SC(C(N)=O)c2ccccc2)nc(N(C)CCN2CCNCC2)c1C#N. The number of aromatic nitrogens is 1. The third-order valence-electron chi connectivity index (χ3n) is 5.74. The molecule has 1 aromatic carbocycles. The van der Waals surface area contributed by atoms with E-state index >= 15 is 0 Å². The summed E-state index contributed by atoms with van der Waals surface area (Å²) in [7, 11) is 1.91. The second-order valence-electron chi connectivity index (χ2n) is 7.87. The number of piperazine rings is 1. The third kappa shape index (κ3) is 5.82. The van der Waals surface area contributed by atoms with E-state index in [0.717, 1.165) is 50.0 Å². The number of carbonyl (C=O) groups excluding carboxylic acids is 1. The van der Waals surface area contributed by atoms with Crippen LogP contribution in [0.3, 0.4) is 0 Å². The molecule has 1 unspecified atom stereocenters. The molecule has 1 aliphatic rings. The highest BCUT2D eigenvalue weighted by atomic mass is 32.2. The average Bonchev–Trinajstić information content (AvgIpc) is 2.85. The minimum absolute atomic E-state index is 0.334. The Labute approximate surface area is 199 Å². The van der Waals surface area contributed by atoms with Crippen molar-refractivity contribution in [3.63, 3.8) is 0 Å². The standard InChI is InChI=1S/C24H29N7OS/c1-3-18-19(15-25)23(30(2)13-14-31-11-9-28-10-12-31)29-24(20(18)16-26)33-21(22(27)32)17-7-5-4-6-8-17/h4-8,21,28H,3,9-14H2,1-2H3,(H2,27,32). The molecule has 172 valence electrons. The molecular weight excluding hydrogens is 434 g/mol. The van der Waals surface area contributed by atoms with Crippen LogP contribution in [0.2, 0.25) is 0 Å². The van der Waals surface area contributed by atoms with Crippen LogP contribution in [0.5, 0.6) is 0 Å². The van der Waals surface area contributed by atoms with E-state index in [2.05, 4.69) is 22.4 Å². The first-order valence-corrected chi connectivity index (χ1v) is 11.9. The molecule has 0 bridgehead atoms. The van der Waals surface area contributed by atoms with Crippen LogP contribution in [0.15, 0.2) is 35.4 Å². The topological polar surface area (TPSA) is 122 Å². The number of anilines is 1. The Morgan fingerprint density at radius 3 is 2.48 bits per heavy atom. The second-order valence-corrected chi connectivity index (χ2v) is 8.96. The molecule has 1 fully saturated rings. The van der Waals surface area contributed by atoms with E-state index < -0.39 is 11.2 Å². The van der Waals surface area contributed by atoms with Crippen LogP contribution in [-0.2, 0) is 11.2 Å². The molecule has 1 amide bonds. The molecule has 1 aromatic heterocycles. The number of nitrogens with zero attached hydrogens (tertiary/aromatic N) is 5. The lowest BCUT2D eigenvalue weighted by Crippen LogP contribution is -2.46. The number of nitriles is 2. The number of carbonyl (C=O) groups is 1. The number of likely N-dealkylation sites (N-methyl/N-ethyl adjacent to an activating group) is 1. The van der Waals surface area contributed by atoms with Gasteiger partial charge in [-0.2, -0.15) is 10.5 Å². The maximum atomic E-state index is 12.3. The molecule has 1 aliphatic heterocycles. The van der Waals surface area contributed by atoms with Crippen LogP contribution >= 0.6 is 11.8 Å². The zero-order chi connectivity index (χ0) is 23.8. The molecule has 2 heterocycles. The molecule has 2 aromatic rings. The summed E-state index contributed by atoms with van der Waals surface area (Å²) in [6, 6.07) is 13.7. The Hall–Kier alpha value is -3.11. The fourth-order valence-corrected chi connectivity index (χ4v) is 4.97. The van der Waals surface area contributed by atoms with Crippen molar-refractivity contribution in [1.29, 1.82) is 10.5 Å². The highest BCUT2D eigenvalue weighted by Gasteiger charge is 2.26. The smallest absolute Gasteiger partial charge is 0.235 e. The zero-order valence-corrected chi connectivity index (χ0v) is 19.9. The van der Waals surface area contributed by atoms with Gasteiger partial charge in [0.1, 0.15) is 28.2 Å². The number of amides is 1. The van der Waals surface area contributed by atoms with Crippen molar-refractivity contribution in [2.45, 2.75) is 23.6 Å². The molecule has 0 saturated carbocycles. The van der Waals surface area contributed by atoms with Crippen molar-refractivity contribution < 1.29 is 4.79 Å². The van der Waals surface area contributed by atoms with E-state index in [1.807, 2.05) is 49.2 Å². The van der Waals surface area contributed by atoms with Gasteiger partial charge in [-0.3, -0.25) is 9.69 Å². The Morgan fingerprint density at radius 2 is 1.91 bits per heavy atom. The Kier molecular flexibility index (Phi) is 8.67. The van der Waals surface area contributed by atoms with E-state index in [1.165, 1.54) is 0 Å². The van der Waals surface area contributed by atoms with Crippen molar-refractivity contribution in [1.82, 2.24) is 15.2 Å². The first kappa shape index (κ1) is 24.5. The summed E-state index contributed by atoms with van der Waals surface area (Å²) in [6.07, 6.45) is 0.507. The second kappa shape index (κ2) is 11.7. The number of pyridine rings is 1. The van der Waals surface area contributed by atoms with Gasteiger partial charge in [0.15, 0.2) is 0 Å². The molecule has 1 saturated heterocycles. The molecule has 0 aliphatic carbocycles. The number of rotatable bonds is 9. The largest absolute Gasteiger partial charge is 0.368 e. The van der Waals surface area contributed by atoms with Gasteiger partial charge in [0.25, 0.3) is 0 Å². The van der Waals surface area contributed by atoms with E-state index in [-0.39, 0.29) is 0 Å². The van der Waals surface area contributed by atoms with Crippen LogP contribution in [0, 0.1) is 22.7 Å². The van der Waals surface area contributed by atoms with Gasteiger partial charge in [-0.25, -0.2) is 4.98 Å². The molecule has 3 rings (SSSR count). The lowest BCUT2D eigenvalue weighted by Gasteiger charge is -2.30. The normalized spacial score (nSPS) is 14.8. The Morgan fingerprint density at radius 1 is 1.24 bits per heavy atom. The number of hydrogen-bond donors (Lipinski definition) is 2. The number of thioether (sulfide) groups is 1. The van der Waals surface area contributed by atoms with Gasteiger partial charge < -0.3 is 16.0 Å². The van der Waals surface area contributed by atoms with Crippen molar-refractivity contribution in [2.75, 3.05) is 51.2 Å². The van der Waals surface area contributed by atoms with Crippen molar-refractivity contribution in [3.8, 4) is 12.1 Å². The van der Waals surface area contributed by atoms with Crippen LogP contribution in [-0.4, -0.2) is 62.1 Å². The predicted molar refractivity (Wildman–Crippen MR) is 130 cm³/mol. The Balaban J connectivity index is 1.98. The summed E-state index contributed by atoms with van der Waals surface area (Å²) in [6.45, 7) is 7.37. The van der Waals surface area contributed by atoms with Gasteiger partial charge in [-0.05, 0) is 17.5 Å². The molecule has 0 spiro atoms. The average molecular weight is 464 g/mol. The molecule has 0 radical (unpaired) electrons. The molecule has 1 atom stereocenters. The summed E-state index contributed by atoms with van der Waals surface area (Å²) in [5, 5.41) is 22.9. The summed E-state index contributed by atoms with van der Waals surface area (Å²) in [5.41, 5.74) is 7.86. The summed E-state index contributed by atoms with van der Waals surface area (Å²) < 4.78 is 0. The van der Waals surface area contributed by atoms with Crippen LogP contribution in [0.25, 0.3) is 0 Å². The zero-order valence-electron chi connectivity index (χ0n) is 19.0. The van der Waals surface area contributed by atoms with Gasteiger partial charge in [0, 0.05) is 46.3 Å². The summed E-state index contributed by atoms with van der Waals surface area (Å²) in [4.78, 5) is 21.4. The van der Waals surface area contributed by atoms with E-state index in [9.17, 15) is 15.3 Å². The van der Waals surface area contributed by atoms with Crippen molar-refractivity contribution in [2.24, 2.45) is 5.73 Å². The number of hydrogen-bond acceptors (Lipinski definition) is 8. The molecule has 3 N–H and O–H groups in total. The monoisotopic (exact) mass is 463 g/mol. The van der Waals surface area contributed by atoms with E-state index in [1.54, 1.807) is 0 Å². The molecule has 9 heteroatoms. The lowest BCUT2D eigenvalue weighted by molar-refractivity contribution is -0.117. The summed E-state index contributed by atoms with van der Waals surface area (Å²) in [5.74, 6) is 0.0233. The van der Waals surface area contributed by atoms with Gasteiger partial charge in [0.05, 0.1) is 11.1 Å². The first-order valence-electron chi connectivity index (χ1n) is 11.0.